The first-order valence-electron chi connectivity index (χ1n) is 11.0. The molecule has 3 aromatic rings. The third-order valence-electron chi connectivity index (χ3n) is 5.52. The zero-order chi connectivity index (χ0) is 20.6. The molecule has 0 spiro atoms. The maximum absolute atomic E-state index is 12.6. The molecule has 1 aromatic heterocycles. The number of aromatic nitrogens is 2. The number of hydrogen-bond acceptors (Lipinski definition) is 4. The van der Waals surface area contributed by atoms with Gasteiger partial charge in [-0.2, -0.15) is 0 Å². The fraction of sp³-hybridized carbons (Fsp3) is 0.417. The van der Waals surface area contributed by atoms with Gasteiger partial charge in [-0.1, -0.05) is 37.1 Å². The number of H-pyrrole nitrogens is 1. The first-order chi connectivity index (χ1) is 14.8. The summed E-state index contributed by atoms with van der Waals surface area (Å²) in [5, 5.41) is 3.27. The van der Waals surface area contributed by atoms with Crippen LogP contribution in [0.2, 0.25) is 0 Å². The van der Waals surface area contributed by atoms with E-state index in [1.165, 1.54) is 18.4 Å². The van der Waals surface area contributed by atoms with Crippen molar-refractivity contribution in [3.63, 3.8) is 0 Å². The number of aryl methyl sites for hydroxylation is 1. The lowest BCUT2D eigenvalue weighted by molar-refractivity contribution is 0.0725. The predicted octanol–water partition coefficient (Wildman–Crippen LogP) is 3.79. The maximum Gasteiger partial charge on any atom is 0.289 e. The van der Waals surface area contributed by atoms with E-state index in [2.05, 4.69) is 27.4 Å². The molecule has 1 fully saturated rings. The van der Waals surface area contributed by atoms with Crippen LogP contribution < -0.4 is 10.1 Å². The quantitative estimate of drug-likeness (QED) is 0.531. The molecule has 158 valence electrons. The Balaban J connectivity index is 1.21. The number of benzene rings is 2. The molecule has 1 aliphatic rings. The average Bonchev–Trinajstić information content (AvgIpc) is 3.22. The zero-order valence-electron chi connectivity index (χ0n) is 17.4. The summed E-state index contributed by atoms with van der Waals surface area (Å²) in [4.78, 5) is 22.2. The van der Waals surface area contributed by atoms with E-state index in [1.807, 2.05) is 41.3 Å². The zero-order valence-corrected chi connectivity index (χ0v) is 17.4. The Kier molecular flexibility index (Phi) is 6.98. The van der Waals surface area contributed by atoms with Gasteiger partial charge in [-0.3, -0.25) is 4.79 Å². The highest BCUT2D eigenvalue weighted by Gasteiger charge is 2.20. The van der Waals surface area contributed by atoms with Crippen LogP contribution in [0.3, 0.4) is 0 Å². The number of carbonyl (C=O) groups excluding carboxylic acids is 1. The second-order valence-corrected chi connectivity index (χ2v) is 7.80. The van der Waals surface area contributed by atoms with Gasteiger partial charge in [0.1, 0.15) is 5.75 Å². The van der Waals surface area contributed by atoms with Crippen LogP contribution in [0.4, 0.5) is 0 Å². The number of amides is 1. The van der Waals surface area contributed by atoms with Crippen LogP contribution >= 0.6 is 0 Å². The van der Waals surface area contributed by atoms with E-state index in [4.69, 9.17) is 4.74 Å². The van der Waals surface area contributed by atoms with Crippen molar-refractivity contribution in [3.05, 3.63) is 59.9 Å². The molecule has 0 saturated carbocycles. The lowest BCUT2D eigenvalue weighted by Crippen LogP contribution is -2.46. The first-order valence-corrected chi connectivity index (χ1v) is 11.0. The van der Waals surface area contributed by atoms with Gasteiger partial charge in [0.05, 0.1) is 17.6 Å². The number of ether oxygens (including phenoxy) is 1. The van der Waals surface area contributed by atoms with Gasteiger partial charge in [-0.15, -0.1) is 0 Å². The van der Waals surface area contributed by atoms with Gasteiger partial charge in [0.25, 0.3) is 5.91 Å². The van der Waals surface area contributed by atoms with Crippen molar-refractivity contribution in [2.75, 3.05) is 32.8 Å². The topological polar surface area (TPSA) is 70.2 Å². The molecule has 2 aromatic carbocycles. The number of hydrogen-bond donors (Lipinski definition) is 2. The summed E-state index contributed by atoms with van der Waals surface area (Å²) >= 11 is 0. The van der Waals surface area contributed by atoms with Gasteiger partial charge in [-0.25, -0.2) is 4.98 Å². The van der Waals surface area contributed by atoms with Crippen molar-refractivity contribution >= 4 is 16.9 Å². The van der Waals surface area contributed by atoms with E-state index in [0.29, 0.717) is 5.82 Å². The van der Waals surface area contributed by atoms with Crippen molar-refractivity contribution < 1.29 is 9.53 Å². The minimum absolute atomic E-state index is 0.00743. The van der Waals surface area contributed by atoms with Gasteiger partial charge in [0.15, 0.2) is 5.82 Å². The Morgan fingerprint density at radius 1 is 1.00 bits per heavy atom. The van der Waals surface area contributed by atoms with Gasteiger partial charge in [0.2, 0.25) is 0 Å². The van der Waals surface area contributed by atoms with Crippen LogP contribution in [0.5, 0.6) is 5.75 Å². The minimum atomic E-state index is -0.00743. The molecule has 30 heavy (non-hydrogen) atoms. The molecule has 1 saturated heterocycles. The summed E-state index contributed by atoms with van der Waals surface area (Å²) in [5.41, 5.74) is 3.09. The van der Waals surface area contributed by atoms with E-state index >= 15 is 0 Å². The fourth-order valence-electron chi connectivity index (χ4n) is 3.82. The number of para-hydroxylation sites is 1. The molecule has 0 aliphatic carbocycles. The van der Waals surface area contributed by atoms with Crippen molar-refractivity contribution in [1.82, 2.24) is 20.2 Å². The average molecular weight is 407 g/mol. The van der Waals surface area contributed by atoms with Crippen LogP contribution in [0.15, 0.2) is 48.5 Å². The normalized spacial score (nSPS) is 14.2. The van der Waals surface area contributed by atoms with Gasteiger partial charge in [0, 0.05) is 26.2 Å². The molecule has 0 radical (unpaired) electrons. The molecule has 2 N–H and O–H groups in total. The molecule has 1 aliphatic heterocycles. The highest BCUT2D eigenvalue weighted by Crippen LogP contribution is 2.17. The van der Waals surface area contributed by atoms with Crippen LogP contribution in [0.1, 0.15) is 41.9 Å². The lowest BCUT2D eigenvalue weighted by atomic mass is 10.1. The van der Waals surface area contributed by atoms with E-state index in [-0.39, 0.29) is 5.91 Å². The summed E-state index contributed by atoms with van der Waals surface area (Å²) in [5.74, 6) is 1.38. The molecule has 0 atom stereocenters. The minimum Gasteiger partial charge on any atom is -0.494 e. The first kappa shape index (κ1) is 20.4. The summed E-state index contributed by atoms with van der Waals surface area (Å²) in [6.07, 6.45) is 5.62. The lowest BCUT2D eigenvalue weighted by Gasteiger charge is -2.26. The fourth-order valence-corrected chi connectivity index (χ4v) is 3.82. The number of piperazine rings is 1. The second kappa shape index (κ2) is 10.3. The number of nitrogens with zero attached hydrogens (tertiary/aromatic N) is 2. The summed E-state index contributed by atoms with van der Waals surface area (Å²) in [7, 11) is 0. The SMILES string of the molecule is O=C(c1nc2ccc(CCCCCCOc3ccccc3)cc2[nH]1)N1CCNCC1. The van der Waals surface area contributed by atoms with E-state index in [9.17, 15) is 4.79 Å². The number of imidazole rings is 1. The molecule has 1 amide bonds. The van der Waals surface area contributed by atoms with Crippen LogP contribution in [0, 0.1) is 0 Å². The molecule has 0 bridgehead atoms. The number of nitrogens with one attached hydrogen (secondary N) is 2. The number of aromatic amines is 1. The number of carbonyl (C=O) groups is 1. The van der Waals surface area contributed by atoms with Crippen LogP contribution in [-0.2, 0) is 6.42 Å². The Hall–Kier alpha value is -2.86. The van der Waals surface area contributed by atoms with Crippen molar-refractivity contribution in [1.29, 1.82) is 0 Å². The van der Waals surface area contributed by atoms with Crippen LogP contribution in [0.25, 0.3) is 11.0 Å². The molecular formula is C24H30N4O2. The number of fused-ring (bicyclic) bond motifs is 1. The second-order valence-electron chi connectivity index (χ2n) is 7.80. The van der Waals surface area contributed by atoms with Gasteiger partial charge in [-0.05, 0) is 49.1 Å². The highest BCUT2D eigenvalue weighted by atomic mass is 16.5. The molecule has 0 unspecified atom stereocenters. The predicted molar refractivity (Wildman–Crippen MR) is 119 cm³/mol. The Morgan fingerprint density at radius 2 is 1.80 bits per heavy atom. The molecule has 4 rings (SSSR count). The maximum atomic E-state index is 12.6. The smallest absolute Gasteiger partial charge is 0.289 e. The van der Waals surface area contributed by atoms with Gasteiger partial charge >= 0.3 is 0 Å². The summed E-state index contributed by atoms with van der Waals surface area (Å²) < 4.78 is 5.74. The van der Waals surface area contributed by atoms with Gasteiger partial charge < -0.3 is 19.9 Å². The number of rotatable bonds is 9. The third kappa shape index (κ3) is 5.39. The highest BCUT2D eigenvalue weighted by molar-refractivity contribution is 5.94. The molecular weight excluding hydrogens is 376 g/mol. The van der Waals surface area contributed by atoms with Crippen molar-refractivity contribution in [2.24, 2.45) is 0 Å². The summed E-state index contributed by atoms with van der Waals surface area (Å²) in [6, 6.07) is 16.3. The van der Waals surface area contributed by atoms with E-state index < -0.39 is 0 Å². The summed E-state index contributed by atoms with van der Waals surface area (Å²) in [6.45, 7) is 3.92. The van der Waals surface area contributed by atoms with Crippen molar-refractivity contribution in [3.8, 4) is 5.75 Å². The van der Waals surface area contributed by atoms with Crippen LogP contribution in [-0.4, -0.2) is 53.6 Å². The third-order valence-corrected chi connectivity index (χ3v) is 5.52. The Bertz CT molecular complexity index is 948. The Labute approximate surface area is 177 Å². The monoisotopic (exact) mass is 406 g/mol. The number of unbranched alkanes of at least 4 members (excludes halogenated alkanes) is 3. The molecule has 2 heterocycles. The van der Waals surface area contributed by atoms with Crippen molar-refractivity contribution in [2.45, 2.75) is 32.1 Å². The van der Waals surface area contributed by atoms with E-state index in [1.54, 1.807) is 0 Å². The van der Waals surface area contributed by atoms with E-state index in [0.717, 1.165) is 68.8 Å². The standard InChI is InChI=1S/C24H30N4O2/c29-24(28-15-13-25-14-16-28)23-26-21-12-11-19(18-22(21)27-23)8-4-1-2-7-17-30-20-9-5-3-6-10-20/h3,5-6,9-12,18,25H,1-2,4,7-8,13-17H2,(H,26,27). The Morgan fingerprint density at radius 3 is 2.63 bits per heavy atom. The largest absolute Gasteiger partial charge is 0.494 e. The molecule has 6 heteroatoms. The molecule has 6 nitrogen and oxygen atoms in total.